The van der Waals surface area contributed by atoms with Crippen LogP contribution in [0.1, 0.15) is 51.4 Å². The number of nitrogens with one attached hydrogen (secondary N) is 1. The molecule has 1 aliphatic rings. The third kappa shape index (κ3) is 3.86. The molecule has 1 aliphatic heterocycles. The van der Waals surface area contributed by atoms with E-state index in [-0.39, 0.29) is 11.5 Å². The van der Waals surface area contributed by atoms with Crippen molar-refractivity contribution in [2.45, 2.75) is 52.2 Å². The molecule has 1 aromatic carbocycles. The minimum Gasteiger partial charge on any atom is -0.347 e. The lowest BCUT2D eigenvalue weighted by atomic mass is 10.1. The molecule has 0 spiro atoms. The van der Waals surface area contributed by atoms with Crippen LogP contribution in [-0.2, 0) is 26.1 Å². The van der Waals surface area contributed by atoms with E-state index >= 15 is 0 Å². The molecule has 0 atom stereocenters. The summed E-state index contributed by atoms with van der Waals surface area (Å²) in [5.41, 5.74) is 2.86. The van der Waals surface area contributed by atoms with Crippen LogP contribution in [0.5, 0.6) is 0 Å². The maximum atomic E-state index is 13.1. The van der Waals surface area contributed by atoms with Crippen molar-refractivity contribution in [2.24, 2.45) is 0 Å². The Balaban J connectivity index is 1.40. The van der Waals surface area contributed by atoms with Crippen molar-refractivity contribution in [3.63, 3.8) is 0 Å². The smallest absolute Gasteiger partial charge is 0.262 e. The Bertz CT molecular complexity index is 1340. The van der Waals surface area contributed by atoms with Gasteiger partial charge in [-0.3, -0.25) is 18.8 Å². The number of aromatic nitrogens is 4. The predicted octanol–water partition coefficient (Wildman–Crippen LogP) is 3.67. The second-order valence-electron chi connectivity index (χ2n) is 8.19. The number of hydrogen-bond donors (Lipinski definition) is 1. The minimum atomic E-state index is -0.168. The zero-order valence-electron chi connectivity index (χ0n) is 18.0. The SMILES string of the molecule is Cc1c(C(=O)NCc2ccccc2Cn2cccn2)sc2nc3n(c(=O)c12)CCCCC3. The van der Waals surface area contributed by atoms with Crippen LogP contribution in [0, 0.1) is 6.92 Å². The fourth-order valence-corrected chi connectivity index (χ4v) is 5.44. The average molecular weight is 448 g/mol. The van der Waals surface area contributed by atoms with E-state index < -0.39 is 0 Å². The van der Waals surface area contributed by atoms with Crippen LogP contribution in [0.25, 0.3) is 10.2 Å². The Kier molecular flexibility index (Phi) is 5.61. The summed E-state index contributed by atoms with van der Waals surface area (Å²) in [6.45, 7) is 3.62. The van der Waals surface area contributed by atoms with Crippen molar-refractivity contribution in [1.82, 2.24) is 24.6 Å². The summed E-state index contributed by atoms with van der Waals surface area (Å²) in [6.07, 6.45) is 7.65. The number of hydrogen-bond acceptors (Lipinski definition) is 5. The largest absolute Gasteiger partial charge is 0.347 e. The van der Waals surface area contributed by atoms with Gasteiger partial charge in [-0.05, 0) is 42.5 Å². The predicted molar refractivity (Wildman–Crippen MR) is 125 cm³/mol. The summed E-state index contributed by atoms with van der Waals surface area (Å²) in [5.74, 6) is 0.680. The molecule has 8 heteroatoms. The van der Waals surface area contributed by atoms with Crippen molar-refractivity contribution in [3.05, 3.63) is 80.5 Å². The highest BCUT2D eigenvalue weighted by Crippen LogP contribution is 2.28. The highest BCUT2D eigenvalue weighted by Gasteiger charge is 2.22. The normalized spacial score (nSPS) is 13.7. The zero-order chi connectivity index (χ0) is 22.1. The maximum absolute atomic E-state index is 13.1. The van der Waals surface area contributed by atoms with E-state index in [1.807, 2.05) is 52.7 Å². The zero-order valence-corrected chi connectivity index (χ0v) is 18.8. The van der Waals surface area contributed by atoms with Crippen molar-refractivity contribution < 1.29 is 4.79 Å². The molecule has 164 valence electrons. The summed E-state index contributed by atoms with van der Waals surface area (Å²) < 4.78 is 3.67. The third-order valence-corrected chi connectivity index (χ3v) is 7.25. The number of aryl methyl sites for hydroxylation is 2. The summed E-state index contributed by atoms with van der Waals surface area (Å²) in [6, 6.07) is 9.92. The number of carbonyl (C=O) groups is 1. The quantitative estimate of drug-likeness (QED) is 0.506. The van der Waals surface area contributed by atoms with Gasteiger partial charge in [-0.25, -0.2) is 4.98 Å². The first kappa shape index (κ1) is 20.6. The molecule has 7 nitrogen and oxygen atoms in total. The molecule has 0 saturated heterocycles. The molecule has 4 heterocycles. The fraction of sp³-hybridized carbons (Fsp3) is 0.333. The van der Waals surface area contributed by atoms with Crippen molar-refractivity contribution >= 4 is 27.5 Å². The molecule has 0 saturated carbocycles. The van der Waals surface area contributed by atoms with Gasteiger partial charge in [0.2, 0.25) is 0 Å². The summed E-state index contributed by atoms with van der Waals surface area (Å²) in [4.78, 5) is 32.2. The van der Waals surface area contributed by atoms with Gasteiger partial charge < -0.3 is 5.32 Å². The minimum absolute atomic E-state index is 0.00994. The Morgan fingerprint density at radius 1 is 1.16 bits per heavy atom. The fourth-order valence-electron chi connectivity index (χ4n) is 4.33. The van der Waals surface area contributed by atoms with Crippen LogP contribution >= 0.6 is 11.3 Å². The van der Waals surface area contributed by atoms with E-state index in [1.165, 1.54) is 11.3 Å². The average Bonchev–Trinajstić information content (AvgIpc) is 3.34. The Labute approximate surface area is 189 Å². The molecule has 0 radical (unpaired) electrons. The van der Waals surface area contributed by atoms with Gasteiger partial charge in [-0.1, -0.05) is 30.7 Å². The number of amides is 1. The number of thiophene rings is 1. The summed E-state index contributed by atoms with van der Waals surface area (Å²) in [7, 11) is 0. The second kappa shape index (κ2) is 8.70. The lowest BCUT2D eigenvalue weighted by Gasteiger charge is -2.11. The number of nitrogens with zero attached hydrogens (tertiary/aromatic N) is 4. The second-order valence-corrected chi connectivity index (χ2v) is 9.19. The number of fused-ring (bicyclic) bond motifs is 2. The highest BCUT2D eigenvalue weighted by molar-refractivity contribution is 7.20. The molecule has 1 amide bonds. The van der Waals surface area contributed by atoms with Gasteiger partial charge in [0.1, 0.15) is 10.7 Å². The maximum Gasteiger partial charge on any atom is 0.262 e. The Morgan fingerprint density at radius 2 is 2.00 bits per heavy atom. The van der Waals surface area contributed by atoms with Gasteiger partial charge in [0.05, 0.1) is 16.8 Å². The molecule has 3 aromatic heterocycles. The van der Waals surface area contributed by atoms with Crippen LogP contribution in [0.3, 0.4) is 0 Å². The lowest BCUT2D eigenvalue weighted by Crippen LogP contribution is -2.25. The summed E-state index contributed by atoms with van der Waals surface area (Å²) >= 11 is 1.32. The molecular formula is C24H25N5O2S. The molecule has 0 bridgehead atoms. The number of carbonyl (C=O) groups excluding carboxylic acids is 1. The van der Waals surface area contributed by atoms with E-state index in [4.69, 9.17) is 4.98 Å². The van der Waals surface area contributed by atoms with E-state index in [1.54, 1.807) is 6.20 Å². The van der Waals surface area contributed by atoms with Crippen LogP contribution in [0.2, 0.25) is 0 Å². The van der Waals surface area contributed by atoms with Gasteiger partial charge in [-0.2, -0.15) is 5.10 Å². The van der Waals surface area contributed by atoms with Gasteiger partial charge in [0.15, 0.2) is 0 Å². The summed E-state index contributed by atoms with van der Waals surface area (Å²) in [5, 5.41) is 7.90. The molecule has 32 heavy (non-hydrogen) atoms. The first-order valence-electron chi connectivity index (χ1n) is 11.0. The molecule has 0 fully saturated rings. The Morgan fingerprint density at radius 3 is 2.81 bits per heavy atom. The van der Waals surface area contributed by atoms with Crippen molar-refractivity contribution in [3.8, 4) is 0 Å². The molecule has 1 N–H and O–H groups in total. The van der Waals surface area contributed by atoms with Crippen LogP contribution in [-0.4, -0.2) is 25.2 Å². The first-order chi connectivity index (χ1) is 15.6. The van der Waals surface area contributed by atoms with E-state index in [9.17, 15) is 9.59 Å². The topological polar surface area (TPSA) is 81.8 Å². The number of benzene rings is 1. The van der Waals surface area contributed by atoms with Gasteiger partial charge >= 0.3 is 0 Å². The van der Waals surface area contributed by atoms with E-state index in [0.717, 1.165) is 48.2 Å². The Hall–Kier alpha value is -3.26. The standard InChI is InChI=1S/C24H25N5O2S/c1-16-20-23(27-19-10-3-2-6-13-29(19)24(20)31)32-21(16)22(30)25-14-17-8-4-5-9-18(17)15-28-12-7-11-26-28/h4-5,7-9,11-12H,2-3,6,10,13-15H2,1H3,(H,25,30). The molecule has 0 aliphatic carbocycles. The van der Waals surface area contributed by atoms with Gasteiger partial charge in [0.25, 0.3) is 11.5 Å². The van der Waals surface area contributed by atoms with Crippen LogP contribution < -0.4 is 10.9 Å². The monoisotopic (exact) mass is 447 g/mol. The molecule has 0 unspecified atom stereocenters. The third-order valence-electron chi connectivity index (χ3n) is 6.07. The van der Waals surface area contributed by atoms with Gasteiger partial charge in [-0.15, -0.1) is 11.3 Å². The molecule has 5 rings (SSSR count). The van der Waals surface area contributed by atoms with Crippen molar-refractivity contribution in [1.29, 1.82) is 0 Å². The first-order valence-corrected chi connectivity index (χ1v) is 11.8. The molecular weight excluding hydrogens is 422 g/mol. The lowest BCUT2D eigenvalue weighted by molar-refractivity contribution is 0.0954. The van der Waals surface area contributed by atoms with Crippen molar-refractivity contribution in [2.75, 3.05) is 0 Å². The van der Waals surface area contributed by atoms with E-state index in [2.05, 4.69) is 10.4 Å². The van der Waals surface area contributed by atoms with Crippen LogP contribution in [0.15, 0.2) is 47.5 Å². The van der Waals surface area contributed by atoms with E-state index in [0.29, 0.717) is 34.7 Å². The van der Waals surface area contributed by atoms with Gasteiger partial charge in [0, 0.05) is 31.9 Å². The number of rotatable bonds is 5. The molecule has 4 aromatic rings. The highest BCUT2D eigenvalue weighted by atomic mass is 32.1. The van der Waals surface area contributed by atoms with Crippen LogP contribution in [0.4, 0.5) is 0 Å².